The molecule has 134 valence electrons. The molecular weight excluding hydrogens is 394 g/mol. The SMILES string of the molecule is Cn1ncc(NCc2ccccc2COCc2ccccc2)c(Br)c1=O. The second kappa shape index (κ2) is 8.78. The number of anilines is 1. The van der Waals surface area contributed by atoms with Crippen LogP contribution in [-0.4, -0.2) is 9.78 Å². The Morgan fingerprint density at radius 3 is 2.50 bits per heavy atom. The van der Waals surface area contributed by atoms with Crippen molar-refractivity contribution in [2.24, 2.45) is 7.05 Å². The molecule has 0 fully saturated rings. The van der Waals surface area contributed by atoms with E-state index in [-0.39, 0.29) is 5.56 Å². The Bertz CT molecular complexity index is 926. The van der Waals surface area contributed by atoms with Crippen molar-refractivity contribution in [3.63, 3.8) is 0 Å². The van der Waals surface area contributed by atoms with Gasteiger partial charge in [-0.05, 0) is 32.6 Å². The summed E-state index contributed by atoms with van der Waals surface area (Å²) in [5, 5.41) is 7.31. The molecule has 0 bridgehead atoms. The predicted molar refractivity (Wildman–Crippen MR) is 106 cm³/mol. The summed E-state index contributed by atoms with van der Waals surface area (Å²) in [5.41, 5.74) is 3.89. The maximum Gasteiger partial charge on any atom is 0.282 e. The van der Waals surface area contributed by atoms with Gasteiger partial charge in [0, 0.05) is 13.6 Å². The van der Waals surface area contributed by atoms with E-state index in [9.17, 15) is 4.79 Å². The lowest BCUT2D eigenvalue weighted by atomic mass is 10.1. The minimum Gasteiger partial charge on any atom is -0.379 e. The lowest BCUT2D eigenvalue weighted by Gasteiger charge is -2.13. The summed E-state index contributed by atoms with van der Waals surface area (Å²) in [7, 11) is 1.62. The van der Waals surface area contributed by atoms with Gasteiger partial charge in [-0.25, -0.2) is 4.68 Å². The zero-order valence-electron chi connectivity index (χ0n) is 14.5. The van der Waals surface area contributed by atoms with Crippen molar-refractivity contribution in [3.8, 4) is 0 Å². The van der Waals surface area contributed by atoms with Crippen LogP contribution in [0, 0.1) is 0 Å². The van der Waals surface area contributed by atoms with Crippen LogP contribution in [0.2, 0.25) is 0 Å². The van der Waals surface area contributed by atoms with Gasteiger partial charge in [0.1, 0.15) is 4.47 Å². The number of hydrogen-bond donors (Lipinski definition) is 1. The molecule has 0 amide bonds. The van der Waals surface area contributed by atoms with Gasteiger partial charge in [0.05, 0.1) is 25.1 Å². The number of ether oxygens (including phenoxy) is 1. The second-order valence-corrected chi connectivity index (χ2v) is 6.69. The number of rotatable bonds is 7. The minimum atomic E-state index is -0.172. The highest BCUT2D eigenvalue weighted by Crippen LogP contribution is 2.19. The van der Waals surface area contributed by atoms with Crippen LogP contribution in [0.25, 0.3) is 0 Å². The second-order valence-electron chi connectivity index (χ2n) is 5.90. The number of nitrogens with zero attached hydrogens (tertiary/aromatic N) is 2. The number of benzene rings is 2. The quantitative estimate of drug-likeness (QED) is 0.638. The van der Waals surface area contributed by atoms with Crippen molar-refractivity contribution >= 4 is 21.6 Å². The van der Waals surface area contributed by atoms with Crippen molar-refractivity contribution < 1.29 is 4.74 Å². The van der Waals surface area contributed by atoms with Crippen molar-refractivity contribution in [1.29, 1.82) is 0 Å². The van der Waals surface area contributed by atoms with Crippen LogP contribution in [0.4, 0.5) is 5.69 Å². The van der Waals surface area contributed by atoms with E-state index in [1.165, 1.54) is 4.68 Å². The van der Waals surface area contributed by atoms with Gasteiger partial charge >= 0.3 is 0 Å². The average molecular weight is 414 g/mol. The molecule has 0 aliphatic carbocycles. The molecule has 1 heterocycles. The number of halogens is 1. The highest BCUT2D eigenvalue weighted by Gasteiger charge is 2.08. The van der Waals surface area contributed by atoms with E-state index in [1.807, 2.05) is 42.5 Å². The summed E-state index contributed by atoms with van der Waals surface area (Å²) in [5.74, 6) is 0. The molecule has 1 aromatic heterocycles. The first kappa shape index (κ1) is 18.4. The van der Waals surface area contributed by atoms with Gasteiger partial charge in [-0.1, -0.05) is 54.6 Å². The average Bonchev–Trinajstić information content (AvgIpc) is 2.67. The zero-order chi connectivity index (χ0) is 18.4. The standard InChI is InChI=1S/C20H20BrN3O2/c1-24-20(25)19(21)18(12-23-24)22-11-16-9-5-6-10-17(16)14-26-13-15-7-3-2-4-8-15/h2-10,12,22H,11,13-14H2,1H3. The summed E-state index contributed by atoms with van der Waals surface area (Å²) in [6.45, 7) is 1.69. The van der Waals surface area contributed by atoms with Gasteiger partial charge in [-0.15, -0.1) is 0 Å². The maximum atomic E-state index is 11.9. The summed E-state index contributed by atoms with van der Waals surface area (Å²) in [6, 6.07) is 18.2. The lowest BCUT2D eigenvalue weighted by molar-refractivity contribution is 0.106. The fourth-order valence-corrected chi connectivity index (χ4v) is 3.05. The van der Waals surface area contributed by atoms with Crippen molar-refractivity contribution in [2.45, 2.75) is 19.8 Å². The lowest BCUT2D eigenvalue weighted by Crippen LogP contribution is -2.21. The van der Waals surface area contributed by atoms with Gasteiger partial charge in [-0.3, -0.25) is 4.79 Å². The third-order valence-electron chi connectivity index (χ3n) is 4.03. The first-order valence-electron chi connectivity index (χ1n) is 8.29. The van der Waals surface area contributed by atoms with Gasteiger partial charge in [0.25, 0.3) is 5.56 Å². The largest absolute Gasteiger partial charge is 0.379 e. The number of nitrogens with one attached hydrogen (secondary N) is 1. The molecule has 2 aromatic carbocycles. The Hall–Kier alpha value is -2.44. The molecule has 0 saturated heterocycles. The van der Waals surface area contributed by atoms with Crippen LogP contribution in [0.3, 0.4) is 0 Å². The fourth-order valence-electron chi connectivity index (χ4n) is 2.55. The molecule has 1 N–H and O–H groups in total. The molecule has 3 aromatic rings. The van der Waals surface area contributed by atoms with Crippen LogP contribution in [0.5, 0.6) is 0 Å². The Kier molecular flexibility index (Phi) is 6.20. The Labute approximate surface area is 160 Å². The van der Waals surface area contributed by atoms with Crippen LogP contribution in [-0.2, 0) is 31.5 Å². The monoisotopic (exact) mass is 413 g/mol. The zero-order valence-corrected chi connectivity index (χ0v) is 16.1. The number of hydrogen-bond acceptors (Lipinski definition) is 4. The van der Waals surface area contributed by atoms with E-state index in [0.717, 1.165) is 16.7 Å². The van der Waals surface area contributed by atoms with Gasteiger partial charge in [0.2, 0.25) is 0 Å². The maximum absolute atomic E-state index is 11.9. The van der Waals surface area contributed by atoms with Crippen LogP contribution < -0.4 is 10.9 Å². The Morgan fingerprint density at radius 1 is 1.04 bits per heavy atom. The molecule has 6 heteroatoms. The van der Waals surface area contributed by atoms with Crippen LogP contribution in [0.1, 0.15) is 16.7 Å². The first-order valence-corrected chi connectivity index (χ1v) is 9.08. The molecule has 0 unspecified atom stereocenters. The van der Waals surface area contributed by atoms with Gasteiger partial charge in [-0.2, -0.15) is 5.10 Å². The van der Waals surface area contributed by atoms with Gasteiger partial charge in [0.15, 0.2) is 0 Å². The predicted octanol–water partition coefficient (Wildman–Crippen LogP) is 3.87. The topological polar surface area (TPSA) is 56.1 Å². The molecule has 0 atom stereocenters. The summed E-state index contributed by atoms with van der Waals surface area (Å²) < 4.78 is 7.63. The third kappa shape index (κ3) is 4.59. The van der Waals surface area contributed by atoms with E-state index in [4.69, 9.17) is 4.74 Å². The smallest absolute Gasteiger partial charge is 0.282 e. The molecule has 26 heavy (non-hydrogen) atoms. The van der Waals surface area contributed by atoms with Gasteiger partial charge < -0.3 is 10.1 Å². The fraction of sp³-hybridized carbons (Fsp3) is 0.200. The molecule has 0 aliphatic heterocycles. The molecular formula is C20H20BrN3O2. The highest BCUT2D eigenvalue weighted by atomic mass is 79.9. The van der Waals surface area contributed by atoms with E-state index >= 15 is 0 Å². The van der Waals surface area contributed by atoms with E-state index < -0.39 is 0 Å². The highest BCUT2D eigenvalue weighted by molar-refractivity contribution is 9.10. The molecule has 0 radical (unpaired) electrons. The Balaban J connectivity index is 1.64. The third-order valence-corrected chi connectivity index (χ3v) is 4.80. The van der Waals surface area contributed by atoms with Crippen LogP contribution in [0.15, 0.2) is 70.1 Å². The summed E-state index contributed by atoms with van der Waals surface area (Å²) >= 11 is 3.33. The van der Waals surface area contributed by atoms with Crippen molar-refractivity contribution in [2.75, 3.05) is 5.32 Å². The molecule has 5 nitrogen and oxygen atoms in total. The first-order chi connectivity index (χ1) is 12.6. The molecule has 3 rings (SSSR count). The van der Waals surface area contributed by atoms with E-state index in [2.05, 4.69) is 38.5 Å². The van der Waals surface area contributed by atoms with Crippen molar-refractivity contribution in [3.05, 3.63) is 92.3 Å². The van der Waals surface area contributed by atoms with E-state index in [1.54, 1.807) is 13.2 Å². The molecule has 0 saturated carbocycles. The number of aromatic nitrogens is 2. The minimum absolute atomic E-state index is 0.172. The number of aryl methyl sites for hydroxylation is 1. The van der Waals surface area contributed by atoms with Crippen molar-refractivity contribution in [1.82, 2.24) is 9.78 Å². The van der Waals surface area contributed by atoms with E-state index in [0.29, 0.717) is 29.9 Å². The summed E-state index contributed by atoms with van der Waals surface area (Å²) in [4.78, 5) is 11.9. The normalized spacial score (nSPS) is 10.7. The Morgan fingerprint density at radius 2 is 1.73 bits per heavy atom. The van der Waals surface area contributed by atoms with Crippen LogP contribution >= 0.6 is 15.9 Å². The molecule has 0 spiro atoms. The molecule has 0 aliphatic rings. The summed E-state index contributed by atoms with van der Waals surface area (Å²) in [6.07, 6.45) is 1.64.